The molecule has 0 bridgehead atoms. The van der Waals surface area contributed by atoms with E-state index in [1.807, 2.05) is 19.2 Å². The summed E-state index contributed by atoms with van der Waals surface area (Å²) in [5, 5.41) is 7.38. The van der Waals surface area contributed by atoms with Crippen LogP contribution in [-0.2, 0) is 4.74 Å². The summed E-state index contributed by atoms with van der Waals surface area (Å²) >= 11 is 0. The maximum absolute atomic E-state index is 11.6. The van der Waals surface area contributed by atoms with Crippen molar-refractivity contribution in [1.29, 1.82) is 0 Å². The number of pyridine rings is 1. The van der Waals surface area contributed by atoms with Gasteiger partial charge in [-0.25, -0.2) is 9.48 Å². The minimum atomic E-state index is -0.366. The van der Waals surface area contributed by atoms with Crippen molar-refractivity contribution < 1.29 is 9.53 Å². The highest BCUT2D eigenvalue weighted by atomic mass is 16.5. The Kier molecular flexibility index (Phi) is 5.05. The van der Waals surface area contributed by atoms with Gasteiger partial charge in [-0.15, -0.1) is 0 Å². The molecule has 0 aromatic carbocycles. The number of rotatable bonds is 6. The second-order valence-corrected chi connectivity index (χ2v) is 4.58. The Hall–Kier alpha value is -2.21. The van der Waals surface area contributed by atoms with E-state index < -0.39 is 0 Å². The molecule has 112 valence electrons. The number of hydrogen-bond acceptors (Lipinski definition) is 5. The van der Waals surface area contributed by atoms with Gasteiger partial charge < -0.3 is 10.1 Å². The minimum Gasteiger partial charge on any atom is -0.462 e. The summed E-state index contributed by atoms with van der Waals surface area (Å²) in [6, 6.07) is 4.14. The van der Waals surface area contributed by atoms with Crippen molar-refractivity contribution in [3.05, 3.63) is 42.0 Å². The first-order valence-electron chi connectivity index (χ1n) is 7.05. The molecule has 0 radical (unpaired) electrons. The molecule has 1 atom stereocenters. The molecule has 0 fully saturated rings. The number of aromatic nitrogens is 3. The second-order valence-electron chi connectivity index (χ2n) is 4.58. The van der Waals surface area contributed by atoms with Crippen LogP contribution in [0.5, 0.6) is 0 Å². The molecule has 0 aliphatic rings. The first-order chi connectivity index (χ1) is 10.2. The predicted molar refractivity (Wildman–Crippen MR) is 79.4 cm³/mol. The van der Waals surface area contributed by atoms with Gasteiger partial charge in [0.05, 0.1) is 35.9 Å². The number of carbonyl (C=O) groups is 1. The first kappa shape index (κ1) is 15.2. The monoisotopic (exact) mass is 288 g/mol. The average Bonchev–Trinajstić information content (AvgIpc) is 2.99. The zero-order chi connectivity index (χ0) is 15.2. The molecule has 21 heavy (non-hydrogen) atoms. The molecular weight excluding hydrogens is 268 g/mol. The van der Waals surface area contributed by atoms with E-state index in [-0.39, 0.29) is 12.0 Å². The standard InChI is InChI=1S/C15H20N4O2/c1-4-13(16-3)14-7-6-12(9-17-14)19-10-11(8-18-19)15(20)21-5-2/h6-10,13,16H,4-5H2,1-3H3. The van der Waals surface area contributed by atoms with Gasteiger partial charge >= 0.3 is 5.97 Å². The van der Waals surface area contributed by atoms with Crippen molar-refractivity contribution in [2.24, 2.45) is 0 Å². The van der Waals surface area contributed by atoms with Crippen LogP contribution in [0.25, 0.3) is 5.69 Å². The largest absolute Gasteiger partial charge is 0.462 e. The molecule has 6 heteroatoms. The van der Waals surface area contributed by atoms with Crippen molar-refractivity contribution in [2.75, 3.05) is 13.7 Å². The molecule has 2 aromatic rings. The number of nitrogens with one attached hydrogen (secondary N) is 1. The van der Waals surface area contributed by atoms with Crippen LogP contribution in [-0.4, -0.2) is 34.4 Å². The predicted octanol–water partition coefficient (Wildman–Crippen LogP) is 2.11. The maximum Gasteiger partial charge on any atom is 0.341 e. The van der Waals surface area contributed by atoms with E-state index in [1.165, 1.54) is 6.20 Å². The van der Waals surface area contributed by atoms with Crippen LogP contribution in [0.4, 0.5) is 0 Å². The Morgan fingerprint density at radius 2 is 2.19 bits per heavy atom. The van der Waals surface area contributed by atoms with Crippen molar-refractivity contribution in [2.45, 2.75) is 26.3 Å². The van der Waals surface area contributed by atoms with Crippen LogP contribution < -0.4 is 5.32 Å². The molecule has 2 rings (SSSR count). The highest BCUT2D eigenvalue weighted by molar-refractivity contribution is 5.88. The van der Waals surface area contributed by atoms with Gasteiger partial charge in [0.15, 0.2) is 0 Å². The normalized spacial score (nSPS) is 12.1. The number of carbonyl (C=O) groups excluding carboxylic acids is 1. The molecule has 0 saturated heterocycles. The fraction of sp³-hybridized carbons (Fsp3) is 0.400. The van der Waals surface area contributed by atoms with Crippen LogP contribution >= 0.6 is 0 Å². The van der Waals surface area contributed by atoms with E-state index in [0.29, 0.717) is 12.2 Å². The third-order valence-electron chi connectivity index (χ3n) is 3.24. The van der Waals surface area contributed by atoms with Crippen LogP contribution in [0.1, 0.15) is 42.4 Å². The van der Waals surface area contributed by atoms with Gasteiger partial charge in [-0.1, -0.05) is 6.92 Å². The summed E-state index contributed by atoms with van der Waals surface area (Å²) in [6.07, 6.45) is 5.85. The molecule has 2 aromatic heterocycles. The second kappa shape index (κ2) is 6.99. The molecule has 6 nitrogen and oxygen atoms in total. The van der Waals surface area contributed by atoms with Gasteiger partial charge in [-0.3, -0.25) is 4.98 Å². The molecule has 2 heterocycles. The van der Waals surface area contributed by atoms with Crippen LogP contribution in [0.3, 0.4) is 0 Å². The molecule has 0 amide bonds. The lowest BCUT2D eigenvalue weighted by Gasteiger charge is -2.13. The summed E-state index contributed by atoms with van der Waals surface area (Å²) in [5.41, 5.74) is 2.23. The van der Waals surface area contributed by atoms with Crippen molar-refractivity contribution >= 4 is 5.97 Å². The van der Waals surface area contributed by atoms with E-state index in [2.05, 4.69) is 22.3 Å². The smallest absolute Gasteiger partial charge is 0.341 e. The fourth-order valence-electron chi connectivity index (χ4n) is 2.08. The number of esters is 1. The Morgan fingerprint density at radius 1 is 1.38 bits per heavy atom. The van der Waals surface area contributed by atoms with Gasteiger partial charge in [0.2, 0.25) is 0 Å². The molecule has 0 saturated carbocycles. The van der Waals surface area contributed by atoms with Crippen molar-refractivity contribution in [1.82, 2.24) is 20.1 Å². The Morgan fingerprint density at radius 3 is 2.76 bits per heavy atom. The molecule has 1 N–H and O–H groups in total. The quantitative estimate of drug-likeness (QED) is 0.824. The maximum atomic E-state index is 11.6. The highest BCUT2D eigenvalue weighted by Crippen LogP contribution is 2.15. The minimum absolute atomic E-state index is 0.242. The lowest BCUT2D eigenvalue weighted by molar-refractivity contribution is 0.0526. The molecular formula is C15H20N4O2. The van der Waals surface area contributed by atoms with Crippen LogP contribution in [0, 0.1) is 0 Å². The average molecular weight is 288 g/mol. The summed E-state index contributed by atoms with van der Waals surface area (Å²) < 4.78 is 6.56. The van der Waals surface area contributed by atoms with E-state index in [0.717, 1.165) is 17.8 Å². The first-order valence-corrected chi connectivity index (χ1v) is 7.05. The third kappa shape index (κ3) is 3.46. The molecule has 0 aliphatic carbocycles. The fourth-order valence-corrected chi connectivity index (χ4v) is 2.08. The zero-order valence-corrected chi connectivity index (χ0v) is 12.5. The molecule has 0 spiro atoms. The Balaban J connectivity index is 2.17. The Labute approximate surface area is 124 Å². The lowest BCUT2D eigenvalue weighted by atomic mass is 10.1. The topological polar surface area (TPSA) is 69.0 Å². The van der Waals surface area contributed by atoms with Gasteiger partial charge in [0.1, 0.15) is 0 Å². The van der Waals surface area contributed by atoms with Gasteiger partial charge in [0, 0.05) is 12.2 Å². The summed E-state index contributed by atoms with van der Waals surface area (Å²) in [5.74, 6) is -0.366. The van der Waals surface area contributed by atoms with Crippen LogP contribution in [0.15, 0.2) is 30.7 Å². The van der Waals surface area contributed by atoms with E-state index in [9.17, 15) is 4.79 Å². The van der Waals surface area contributed by atoms with Gasteiger partial charge in [-0.2, -0.15) is 5.10 Å². The van der Waals surface area contributed by atoms with Crippen molar-refractivity contribution in [3.63, 3.8) is 0 Å². The molecule has 0 aliphatic heterocycles. The molecule has 1 unspecified atom stereocenters. The summed E-state index contributed by atoms with van der Waals surface area (Å²) in [4.78, 5) is 16.1. The van der Waals surface area contributed by atoms with E-state index in [4.69, 9.17) is 4.74 Å². The number of nitrogens with zero attached hydrogens (tertiary/aromatic N) is 3. The SMILES string of the molecule is CCOC(=O)c1cnn(-c2ccc(C(CC)NC)nc2)c1. The third-order valence-corrected chi connectivity index (χ3v) is 3.24. The Bertz CT molecular complexity index is 588. The van der Waals surface area contributed by atoms with Crippen LogP contribution in [0.2, 0.25) is 0 Å². The van der Waals surface area contributed by atoms with Crippen molar-refractivity contribution in [3.8, 4) is 5.69 Å². The summed E-state index contributed by atoms with van der Waals surface area (Å²) in [7, 11) is 1.92. The zero-order valence-electron chi connectivity index (χ0n) is 12.5. The van der Waals surface area contributed by atoms with Gasteiger partial charge in [0.25, 0.3) is 0 Å². The summed E-state index contributed by atoms with van der Waals surface area (Å²) in [6.45, 7) is 4.23. The van der Waals surface area contributed by atoms with E-state index in [1.54, 1.807) is 24.0 Å². The van der Waals surface area contributed by atoms with E-state index >= 15 is 0 Å². The lowest BCUT2D eigenvalue weighted by Crippen LogP contribution is -2.16. The highest BCUT2D eigenvalue weighted by Gasteiger charge is 2.11. The number of hydrogen-bond donors (Lipinski definition) is 1. The van der Waals surface area contributed by atoms with Gasteiger partial charge in [-0.05, 0) is 32.5 Å². The number of ether oxygens (including phenoxy) is 1.